The van der Waals surface area contributed by atoms with Crippen LogP contribution in [0.3, 0.4) is 0 Å². The van der Waals surface area contributed by atoms with Crippen molar-refractivity contribution in [3.63, 3.8) is 0 Å². The van der Waals surface area contributed by atoms with E-state index in [0.717, 1.165) is 5.56 Å². The highest BCUT2D eigenvalue weighted by Gasteiger charge is 2.07. The van der Waals surface area contributed by atoms with Crippen LogP contribution in [0.5, 0.6) is 0 Å². The Kier molecular flexibility index (Phi) is 4.27. The molecule has 1 amide bonds. The number of anilines is 1. The summed E-state index contributed by atoms with van der Waals surface area (Å²) < 4.78 is 0. The second-order valence-electron chi connectivity index (χ2n) is 4.07. The van der Waals surface area contributed by atoms with E-state index in [4.69, 9.17) is 11.1 Å². The van der Waals surface area contributed by atoms with Gasteiger partial charge in [-0.15, -0.1) is 0 Å². The summed E-state index contributed by atoms with van der Waals surface area (Å²) in [6.45, 7) is 0.368. The first-order valence-electron chi connectivity index (χ1n) is 5.93. The third-order valence-corrected chi connectivity index (χ3v) is 2.70. The number of nitrogen functional groups attached to an aromatic ring is 1. The third kappa shape index (κ3) is 3.31. The number of nitrogens with zero attached hydrogens (tertiary/aromatic N) is 2. The molecule has 2 rings (SSSR count). The van der Waals surface area contributed by atoms with Gasteiger partial charge in [0.2, 0.25) is 0 Å². The van der Waals surface area contributed by atoms with Crippen molar-refractivity contribution >= 4 is 11.6 Å². The lowest BCUT2D eigenvalue weighted by atomic mass is 10.1. The normalized spacial score (nSPS) is 9.60. The molecule has 1 heterocycles. The van der Waals surface area contributed by atoms with E-state index >= 15 is 0 Å². The summed E-state index contributed by atoms with van der Waals surface area (Å²) in [5, 5.41) is 11.5. The molecule has 0 fully saturated rings. The molecule has 6 heteroatoms. The van der Waals surface area contributed by atoms with Gasteiger partial charge in [-0.2, -0.15) is 5.26 Å². The molecule has 0 aliphatic heterocycles. The fourth-order valence-corrected chi connectivity index (χ4v) is 1.61. The number of nitrogens with two attached hydrogens (primary N) is 1. The van der Waals surface area contributed by atoms with E-state index in [1.165, 1.54) is 6.20 Å². The largest absolute Gasteiger partial charge is 0.347 e. The molecule has 0 spiro atoms. The van der Waals surface area contributed by atoms with E-state index in [0.29, 0.717) is 17.8 Å². The average Bonchev–Trinajstić information content (AvgIpc) is 2.53. The number of carbonyl (C=O) groups is 1. The minimum absolute atomic E-state index is 0.286. The molecule has 0 bridgehead atoms. The Morgan fingerprint density at radius 3 is 2.70 bits per heavy atom. The van der Waals surface area contributed by atoms with E-state index < -0.39 is 0 Å². The number of nitriles is 1. The van der Waals surface area contributed by atoms with Crippen molar-refractivity contribution in [2.24, 2.45) is 5.84 Å². The van der Waals surface area contributed by atoms with Crippen molar-refractivity contribution in [2.75, 3.05) is 5.43 Å². The highest BCUT2D eigenvalue weighted by atomic mass is 16.1. The van der Waals surface area contributed by atoms with Crippen molar-refractivity contribution in [1.29, 1.82) is 5.26 Å². The summed E-state index contributed by atoms with van der Waals surface area (Å²) in [4.78, 5) is 15.9. The van der Waals surface area contributed by atoms with Crippen molar-refractivity contribution in [3.8, 4) is 6.07 Å². The predicted molar refractivity (Wildman–Crippen MR) is 74.4 cm³/mol. The van der Waals surface area contributed by atoms with Gasteiger partial charge in [-0.05, 0) is 29.8 Å². The highest BCUT2D eigenvalue weighted by Crippen LogP contribution is 2.07. The van der Waals surface area contributed by atoms with Gasteiger partial charge in [0.05, 0.1) is 17.3 Å². The second-order valence-corrected chi connectivity index (χ2v) is 4.07. The van der Waals surface area contributed by atoms with Crippen LogP contribution in [0.25, 0.3) is 0 Å². The summed E-state index contributed by atoms with van der Waals surface area (Å²) >= 11 is 0. The van der Waals surface area contributed by atoms with Crippen LogP contribution in [0.4, 0.5) is 5.69 Å². The number of amides is 1. The van der Waals surface area contributed by atoms with Crippen molar-refractivity contribution < 1.29 is 4.79 Å². The van der Waals surface area contributed by atoms with Crippen LogP contribution < -0.4 is 16.6 Å². The fourth-order valence-electron chi connectivity index (χ4n) is 1.61. The van der Waals surface area contributed by atoms with Crippen LogP contribution in [-0.2, 0) is 6.54 Å². The second kappa shape index (κ2) is 6.31. The number of hydrazine groups is 1. The zero-order chi connectivity index (χ0) is 14.4. The van der Waals surface area contributed by atoms with Gasteiger partial charge in [0.1, 0.15) is 5.69 Å². The summed E-state index contributed by atoms with van der Waals surface area (Å²) in [5.41, 5.74) is 4.85. The Balaban J connectivity index is 1.99. The monoisotopic (exact) mass is 267 g/mol. The van der Waals surface area contributed by atoms with Crippen molar-refractivity contribution in [2.45, 2.75) is 6.54 Å². The van der Waals surface area contributed by atoms with E-state index in [1.54, 1.807) is 36.4 Å². The molecular formula is C14H13N5O. The molecule has 1 aromatic heterocycles. The Morgan fingerprint density at radius 1 is 1.30 bits per heavy atom. The predicted octanol–water partition coefficient (Wildman–Crippen LogP) is 1.17. The molecule has 20 heavy (non-hydrogen) atoms. The Labute approximate surface area is 116 Å². The van der Waals surface area contributed by atoms with Crippen LogP contribution in [-0.4, -0.2) is 10.9 Å². The summed E-state index contributed by atoms with van der Waals surface area (Å²) in [6.07, 6.45) is 1.51. The smallest absolute Gasteiger partial charge is 0.270 e. The van der Waals surface area contributed by atoms with Crippen LogP contribution in [0.2, 0.25) is 0 Å². The lowest BCUT2D eigenvalue weighted by Crippen LogP contribution is -2.24. The van der Waals surface area contributed by atoms with Gasteiger partial charge >= 0.3 is 0 Å². The first-order chi connectivity index (χ1) is 9.72. The minimum Gasteiger partial charge on any atom is -0.347 e. The molecule has 4 N–H and O–H groups in total. The number of nitrogens with one attached hydrogen (secondary N) is 2. The average molecular weight is 267 g/mol. The van der Waals surface area contributed by atoms with Gasteiger partial charge in [0.25, 0.3) is 5.91 Å². The maximum absolute atomic E-state index is 11.9. The number of pyridine rings is 1. The number of benzene rings is 1. The molecule has 0 aliphatic rings. The molecule has 2 aromatic rings. The van der Waals surface area contributed by atoms with Gasteiger partial charge in [0.15, 0.2) is 0 Å². The molecule has 0 aliphatic carbocycles. The fraction of sp³-hybridized carbons (Fsp3) is 0.0714. The van der Waals surface area contributed by atoms with E-state index in [2.05, 4.69) is 15.7 Å². The number of carbonyl (C=O) groups excluding carboxylic acids is 1. The first kappa shape index (κ1) is 13.5. The van der Waals surface area contributed by atoms with Crippen LogP contribution >= 0.6 is 0 Å². The molecule has 1 aromatic carbocycles. The number of hydrogen-bond donors (Lipinski definition) is 3. The maximum atomic E-state index is 11.9. The molecular weight excluding hydrogens is 254 g/mol. The highest BCUT2D eigenvalue weighted by molar-refractivity contribution is 5.93. The lowest BCUT2D eigenvalue weighted by molar-refractivity contribution is 0.0946. The zero-order valence-electron chi connectivity index (χ0n) is 10.6. The van der Waals surface area contributed by atoms with E-state index in [-0.39, 0.29) is 11.6 Å². The molecule has 100 valence electrons. The molecule has 0 radical (unpaired) electrons. The van der Waals surface area contributed by atoms with Crippen LogP contribution in [0, 0.1) is 11.3 Å². The van der Waals surface area contributed by atoms with Crippen LogP contribution in [0.1, 0.15) is 21.6 Å². The number of hydrogen-bond acceptors (Lipinski definition) is 5. The van der Waals surface area contributed by atoms with Crippen molar-refractivity contribution in [1.82, 2.24) is 10.3 Å². The minimum atomic E-state index is -0.286. The van der Waals surface area contributed by atoms with Gasteiger partial charge in [-0.1, -0.05) is 12.1 Å². The molecule has 0 atom stereocenters. The van der Waals surface area contributed by atoms with Gasteiger partial charge in [-0.3, -0.25) is 15.6 Å². The lowest BCUT2D eigenvalue weighted by Gasteiger charge is -2.06. The first-order valence-corrected chi connectivity index (χ1v) is 5.93. The van der Waals surface area contributed by atoms with Crippen LogP contribution in [0.15, 0.2) is 42.6 Å². The maximum Gasteiger partial charge on any atom is 0.270 e. The Hall–Kier alpha value is -2.91. The summed E-state index contributed by atoms with van der Waals surface area (Å²) in [7, 11) is 0. The van der Waals surface area contributed by atoms with Gasteiger partial charge < -0.3 is 10.7 Å². The van der Waals surface area contributed by atoms with Crippen molar-refractivity contribution in [3.05, 3.63) is 59.4 Å². The Morgan fingerprint density at radius 2 is 2.05 bits per heavy atom. The molecule has 0 saturated heterocycles. The zero-order valence-corrected chi connectivity index (χ0v) is 10.6. The Bertz CT molecular complexity index is 645. The molecule has 0 saturated carbocycles. The number of rotatable bonds is 4. The van der Waals surface area contributed by atoms with Gasteiger partial charge in [0, 0.05) is 12.7 Å². The number of aromatic nitrogens is 1. The molecule has 0 unspecified atom stereocenters. The van der Waals surface area contributed by atoms with Gasteiger partial charge in [-0.25, -0.2) is 0 Å². The quantitative estimate of drug-likeness (QED) is 0.570. The standard InChI is InChI=1S/C14H13N5O/c15-8-10-1-3-11(4-2-10)9-18-14(20)13-7-12(19-16)5-6-17-13/h1-7H,9,16H2,(H,17,19)(H,18,20). The summed E-state index contributed by atoms with van der Waals surface area (Å²) in [6, 6.07) is 12.3. The van der Waals surface area contributed by atoms with E-state index in [1.807, 2.05) is 6.07 Å². The third-order valence-electron chi connectivity index (χ3n) is 2.70. The topological polar surface area (TPSA) is 104 Å². The van der Waals surface area contributed by atoms with E-state index in [9.17, 15) is 4.79 Å². The molecule has 6 nitrogen and oxygen atoms in total. The SMILES string of the molecule is N#Cc1ccc(CNC(=O)c2cc(NN)ccn2)cc1. The summed E-state index contributed by atoms with van der Waals surface area (Å²) in [5.74, 6) is 4.99.